The zero-order valence-corrected chi connectivity index (χ0v) is 16.9. The molecule has 4 rings (SSSR count). The van der Waals surface area contributed by atoms with Crippen molar-refractivity contribution < 1.29 is 13.9 Å². The van der Waals surface area contributed by atoms with E-state index in [0.717, 1.165) is 22.3 Å². The zero-order chi connectivity index (χ0) is 21.3. The number of hydrogen-bond acceptors (Lipinski definition) is 4. The molecular weight excluding hydrogens is 389 g/mol. The van der Waals surface area contributed by atoms with Gasteiger partial charge in [0.25, 0.3) is 0 Å². The number of nitrogens with zero attached hydrogens (tertiary/aromatic N) is 3. The van der Waals surface area contributed by atoms with Gasteiger partial charge in [-0.25, -0.2) is 14.0 Å². The van der Waals surface area contributed by atoms with Crippen molar-refractivity contribution in [2.75, 3.05) is 36.5 Å². The lowest BCUT2D eigenvalue weighted by Gasteiger charge is -2.30. The van der Waals surface area contributed by atoms with Crippen LogP contribution < -0.4 is 21.2 Å². The van der Waals surface area contributed by atoms with E-state index < -0.39 is 0 Å². The number of ether oxygens (including phenoxy) is 1. The normalized spacial score (nSPS) is 14.2. The Kier molecular flexibility index (Phi) is 5.45. The molecule has 0 aliphatic carbocycles. The van der Waals surface area contributed by atoms with Gasteiger partial charge in [0.05, 0.1) is 35.6 Å². The second-order valence-corrected chi connectivity index (χ2v) is 7.29. The van der Waals surface area contributed by atoms with Crippen LogP contribution >= 0.6 is 0 Å². The van der Waals surface area contributed by atoms with E-state index in [9.17, 15) is 14.0 Å². The van der Waals surface area contributed by atoms with E-state index in [4.69, 9.17) is 4.74 Å². The quantitative estimate of drug-likeness (QED) is 0.687. The van der Waals surface area contributed by atoms with E-state index in [1.54, 1.807) is 35.4 Å². The number of carbonyl (C=O) groups is 1. The number of aryl methyl sites for hydroxylation is 2. The average Bonchev–Trinajstić information content (AvgIpc) is 2.97. The van der Waals surface area contributed by atoms with Gasteiger partial charge in [0.15, 0.2) is 0 Å². The van der Waals surface area contributed by atoms with Gasteiger partial charge in [-0.3, -0.25) is 9.13 Å². The maximum atomic E-state index is 13.0. The average molecular weight is 413 g/mol. The third-order valence-corrected chi connectivity index (χ3v) is 5.36. The molecule has 9 heteroatoms. The van der Waals surface area contributed by atoms with Crippen molar-refractivity contribution in [1.29, 1.82) is 0 Å². The number of rotatable bonds is 4. The summed E-state index contributed by atoms with van der Waals surface area (Å²) in [6.45, 7) is 2.85. The predicted molar refractivity (Wildman–Crippen MR) is 113 cm³/mol. The summed E-state index contributed by atoms with van der Waals surface area (Å²) in [5.74, 6) is -0.319. The number of aromatic nitrogens is 2. The van der Waals surface area contributed by atoms with Crippen LogP contribution in [0.4, 0.5) is 20.6 Å². The lowest BCUT2D eigenvalue weighted by Crippen LogP contribution is -2.37. The first-order valence-electron chi connectivity index (χ1n) is 9.75. The molecule has 2 heterocycles. The van der Waals surface area contributed by atoms with Crippen molar-refractivity contribution in [1.82, 2.24) is 14.5 Å². The molecule has 3 aromatic rings. The summed E-state index contributed by atoms with van der Waals surface area (Å²) in [6, 6.07) is 9.33. The minimum Gasteiger partial charge on any atom is -0.378 e. The second-order valence-electron chi connectivity index (χ2n) is 7.29. The van der Waals surface area contributed by atoms with Gasteiger partial charge < -0.3 is 20.3 Å². The highest BCUT2D eigenvalue weighted by Gasteiger charge is 2.20. The Balaban J connectivity index is 1.62. The van der Waals surface area contributed by atoms with Crippen LogP contribution in [0.3, 0.4) is 0 Å². The molecule has 1 aliphatic rings. The third kappa shape index (κ3) is 3.88. The predicted octanol–water partition coefficient (Wildman–Crippen LogP) is 2.17. The van der Waals surface area contributed by atoms with E-state index >= 15 is 0 Å². The number of benzene rings is 2. The molecule has 8 nitrogen and oxygen atoms in total. The number of anilines is 2. The first-order valence-corrected chi connectivity index (χ1v) is 9.75. The lowest BCUT2D eigenvalue weighted by atomic mass is 10.2. The number of morpholine rings is 1. The van der Waals surface area contributed by atoms with Crippen LogP contribution in [-0.4, -0.2) is 41.5 Å². The van der Waals surface area contributed by atoms with Crippen molar-refractivity contribution in [3.63, 3.8) is 0 Å². The van der Waals surface area contributed by atoms with Crippen molar-refractivity contribution >= 4 is 28.4 Å². The molecule has 30 heavy (non-hydrogen) atoms. The van der Waals surface area contributed by atoms with E-state index in [0.29, 0.717) is 32.0 Å². The molecule has 0 spiro atoms. The number of hydrogen-bond donors (Lipinski definition) is 2. The monoisotopic (exact) mass is 413 g/mol. The topological polar surface area (TPSA) is 80.5 Å². The Morgan fingerprint density at radius 1 is 1.07 bits per heavy atom. The Morgan fingerprint density at radius 3 is 2.37 bits per heavy atom. The molecule has 2 aromatic carbocycles. The second kappa shape index (κ2) is 8.19. The van der Waals surface area contributed by atoms with E-state index in [1.165, 1.54) is 12.1 Å². The van der Waals surface area contributed by atoms with Crippen molar-refractivity contribution in [2.45, 2.75) is 6.54 Å². The molecular formula is C21H24FN5O3. The molecule has 0 atom stereocenters. The van der Waals surface area contributed by atoms with E-state index in [1.807, 2.05) is 12.1 Å². The molecule has 0 bridgehead atoms. The molecule has 1 aromatic heterocycles. The van der Waals surface area contributed by atoms with Crippen LogP contribution in [0.15, 0.2) is 41.2 Å². The molecule has 0 saturated carbocycles. The molecule has 1 saturated heterocycles. The van der Waals surface area contributed by atoms with Gasteiger partial charge in [-0.1, -0.05) is 12.1 Å². The molecule has 2 N–H and O–H groups in total. The Bertz CT molecular complexity index is 1130. The summed E-state index contributed by atoms with van der Waals surface area (Å²) in [5, 5.41) is 5.69. The highest BCUT2D eigenvalue weighted by atomic mass is 19.1. The highest BCUT2D eigenvalue weighted by molar-refractivity contribution is 5.98. The van der Waals surface area contributed by atoms with Crippen molar-refractivity contribution in [3.05, 3.63) is 58.3 Å². The summed E-state index contributed by atoms with van der Waals surface area (Å²) in [4.78, 5) is 27.1. The highest BCUT2D eigenvalue weighted by Crippen LogP contribution is 2.31. The van der Waals surface area contributed by atoms with Gasteiger partial charge in [-0.15, -0.1) is 0 Å². The van der Waals surface area contributed by atoms with E-state index in [2.05, 4.69) is 15.5 Å². The largest absolute Gasteiger partial charge is 0.378 e. The summed E-state index contributed by atoms with van der Waals surface area (Å²) in [5.41, 5.74) is 3.64. The molecule has 0 unspecified atom stereocenters. The fourth-order valence-corrected chi connectivity index (χ4v) is 3.65. The molecule has 2 amide bonds. The molecule has 1 fully saturated rings. The van der Waals surface area contributed by atoms with Crippen LogP contribution in [-0.2, 0) is 25.4 Å². The van der Waals surface area contributed by atoms with Gasteiger partial charge in [-0.2, -0.15) is 0 Å². The number of nitrogens with one attached hydrogen (secondary N) is 2. The number of fused-ring (bicyclic) bond motifs is 1. The summed E-state index contributed by atoms with van der Waals surface area (Å²) in [7, 11) is 3.44. The smallest absolute Gasteiger partial charge is 0.328 e. The van der Waals surface area contributed by atoms with Crippen molar-refractivity contribution in [3.8, 4) is 0 Å². The van der Waals surface area contributed by atoms with Gasteiger partial charge >= 0.3 is 11.7 Å². The Labute approximate surface area is 172 Å². The summed E-state index contributed by atoms with van der Waals surface area (Å²) in [6.07, 6.45) is 0. The lowest BCUT2D eigenvalue weighted by molar-refractivity contribution is 0.123. The Morgan fingerprint density at radius 2 is 1.70 bits per heavy atom. The molecule has 0 radical (unpaired) electrons. The number of carbonyl (C=O) groups excluding carboxylic acids is 1. The van der Waals surface area contributed by atoms with Crippen LogP contribution in [0.5, 0.6) is 0 Å². The van der Waals surface area contributed by atoms with E-state index in [-0.39, 0.29) is 24.1 Å². The fraction of sp³-hybridized carbons (Fsp3) is 0.333. The number of amides is 2. The first kappa shape index (κ1) is 20.0. The van der Waals surface area contributed by atoms with Gasteiger partial charge in [0.2, 0.25) is 0 Å². The number of halogens is 1. The SMILES string of the molecule is Cn1c(=O)n(C)c2cc(N3CCOCC3)c(NC(=O)NCc3ccc(F)cc3)cc21. The minimum atomic E-state index is -0.380. The van der Waals surface area contributed by atoms with Crippen LogP contribution in [0, 0.1) is 5.82 Å². The zero-order valence-electron chi connectivity index (χ0n) is 16.9. The summed E-state index contributed by atoms with van der Waals surface area (Å²) >= 11 is 0. The molecule has 1 aliphatic heterocycles. The Hall–Kier alpha value is -3.33. The molecule has 158 valence electrons. The standard InChI is InChI=1S/C21H24FN5O3/c1-25-18-11-16(24-20(28)23-13-14-3-5-15(22)6-4-14)17(27-7-9-30-10-8-27)12-19(18)26(2)21(25)29/h3-6,11-12H,7-10,13H2,1-2H3,(H2,23,24,28). The number of urea groups is 1. The number of imidazole rings is 1. The van der Waals surface area contributed by atoms with Crippen molar-refractivity contribution in [2.24, 2.45) is 14.1 Å². The van der Waals surface area contributed by atoms with Crippen LogP contribution in [0.2, 0.25) is 0 Å². The maximum Gasteiger partial charge on any atom is 0.328 e. The van der Waals surface area contributed by atoms with Crippen LogP contribution in [0.25, 0.3) is 11.0 Å². The third-order valence-electron chi connectivity index (χ3n) is 5.36. The van der Waals surface area contributed by atoms with Crippen LogP contribution in [0.1, 0.15) is 5.56 Å². The fourth-order valence-electron chi connectivity index (χ4n) is 3.65. The van der Waals surface area contributed by atoms with Gasteiger partial charge in [-0.05, 0) is 29.8 Å². The minimum absolute atomic E-state index is 0.129. The van der Waals surface area contributed by atoms with Gasteiger partial charge in [0.1, 0.15) is 5.82 Å². The first-order chi connectivity index (χ1) is 14.4. The maximum absolute atomic E-state index is 13.0. The van der Waals surface area contributed by atoms with Gasteiger partial charge in [0, 0.05) is 33.7 Å². The summed E-state index contributed by atoms with van der Waals surface area (Å²) < 4.78 is 21.6.